The van der Waals surface area contributed by atoms with Crippen LogP contribution >= 0.6 is 11.6 Å². The second-order valence-corrected chi connectivity index (χ2v) is 10.0. The summed E-state index contributed by atoms with van der Waals surface area (Å²) >= 11 is 6.06. The maximum Gasteiger partial charge on any atom is 0.313 e. The summed E-state index contributed by atoms with van der Waals surface area (Å²) in [5.74, 6) is -3.10. The molecule has 2 fully saturated rings. The molecular weight excluding hydrogens is 472 g/mol. The molecule has 2 amide bonds. The van der Waals surface area contributed by atoms with Gasteiger partial charge < -0.3 is 24.4 Å². The summed E-state index contributed by atoms with van der Waals surface area (Å²) in [5, 5.41) is 10.9. The number of likely N-dealkylation sites (tertiary alicyclic amines) is 1. The Kier molecular flexibility index (Phi) is 6.23. The summed E-state index contributed by atoms with van der Waals surface area (Å²) in [6, 6.07) is 5.26. The Morgan fingerprint density at radius 2 is 1.91 bits per heavy atom. The Balaban J connectivity index is 1.66. The van der Waals surface area contributed by atoms with Crippen LogP contribution < -0.4 is 4.90 Å². The number of aliphatic hydroxyl groups excluding tert-OH is 1. The molecule has 0 saturated carbocycles. The van der Waals surface area contributed by atoms with E-state index in [1.807, 2.05) is 19.9 Å². The van der Waals surface area contributed by atoms with Crippen LogP contribution in [0.15, 0.2) is 48.6 Å². The quantitative estimate of drug-likeness (QED) is 0.492. The first-order valence-corrected chi connectivity index (χ1v) is 12.4. The van der Waals surface area contributed by atoms with Crippen molar-refractivity contribution in [1.29, 1.82) is 0 Å². The normalized spacial score (nSPS) is 33.5. The molecule has 0 aromatic heterocycles. The van der Waals surface area contributed by atoms with Gasteiger partial charge in [0.15, 0.2) is 0 Å². The highest BCUT2D eigenvalue weighted by atomic mass is 35.5. The second kappa shape index (κ2) is 9.08. The zero-order valence-electron chi connectivity index (χ0n) is 19.7. The number of carbonyl (C=O) groups excluding carboxylic acids is 3. The molecule has 7 atom stereocenters. The van der Waals surface area contributed by atoms with Gasteiger partial charge in [-0.05, 0) is 36.3 Å². The standard InChI is InChI=1S/C26H29ClN2O6/c1-3-15(2)18(14-30)29-22-24(32)28(17-9-7-16(27)8-10-17)12-5-11-26(22)21(23(29)31)20-19(35-26)6-4-13-34-25(20)33/h4-11,15,18-22,30H,3,12-14H2,1-2H3/t15-,18-,19-,20+,21-,22?,26-/m0/s1. The fourth-order valence-electron chi connectivity index (χ4n) is 5.93. The lowest BCUT2D eigenvalue weighted by molar-refractivity contribution is -0.154. The molecule has 35 heavy (non-hydrogen) atoms. The summed E-state index contributed by atoms with van der Waals surface area (Å²) in [4.78, 5) is 44.4. The first-order chi connectivity index (χ1) is 16.8. The van der Waals surface area contributed by atoms with Crippen molar-refractivity contribution in [2.75, 3.05) is 24.7 Å². The zero-order chi connectivity index (χ0) is 24.9. The highest BCUT2D eigenvalue weighted by Gasteiger charge is 2.72. The molecule has 186 valence electrons. The number of esters is 1. The molecule has 1 aromatic rings. The van der Waals surface area contributed by atoms with Crippen molar-refractivity contribution < 1.29 is 29.0 Å². The monoisotopic (exact) mass is 500 g/mol. The predicted octanol–water partition coefficient (Wildman–Crippen LogP) is 2.34. The number of anilines is 1. The minimum Gasteiger partial charge on any atom is -0.461 e. The summed E-state index contributed by atoms with van der Waals surface area (Å²) in [6.07, 6.45) is 7.05. The van der Waals surface area contributed by atoms with Gasteiger partial charge in [-0.15, -0.1) is 0 Å². The third-order valence-corrected chi connectivity index (χ3v) is 8.09. The van der Waals surface area contributed by atoms with Crippen LogP contribution in [0.3, 0.4) is 0 Å². The van der Waals surface area contributed by atoms with E-state index in [4.69, 9.17) is 21.1 Å². The van der Waals surface area contributed by atoms with Crippen LogP contribution in [0.2, 0.25) is 5.02 Å². The molecule has 1 aromatic carbocycles. The Morgan fingerprint density at radius 3 is 2.60 bits per heavy atom. The van der Waals surface area contributed by atoms with Gasteiger partial charge in [0.25, 0.3) is 5.91 Å². The number of rotatable bonds is 5. The van der Waals surface area contributed by atoms with E-state index in [-0.39, 0.29) is 37.5 Å². The SMILES string of the molecule is CC[C@H](C)[C@H](CO)N1C(=O)[C@@H]2[C@@H]3C(=O)OCC=C[C@@H]3O[C@@]23C=CCN(c2ccc(Cl)cc2)C(=O)C13. The van der Waals surface area contributed by atoms with E-state index < -0.39 is 41.6 Å². The molecule has 9 heteroatoms. The lowest BCUT2D eigenvalue weighted by Gasteiger charge is -2.40. The number of aliphatic hydroxyl groups is 1. The van der Waals surface area contributed by atoms with Crippen LogP contribution in [0.25, 0.3) is 0 Å². The number of ether oxygens (including phenoxy) is 2. The molecule has 2 saturated heterocycles. The minimum absolute atomic E-state index is 0.0828. The van der Waals surface area contributed by atoms with E-state index >= 15 is 0 Å². The minimum atomic E-state index is -1.35. The predicted molar refractivity (Wildman–Crippen MR) is 129 cm³/mol. The van der Waals surface area contributed by atoms with Gasteiger partial charge in [0.2, 0.25) is 5.91 Å². The maximum atomic E-state index is 14.3. The highest BCUT2D eigenvalue weighted by molar-refractivity contribution is 6.30. The van der Waals surface area contributed by atoms with Crippen LogP contribution in [-0.2, 0) is 23.9 Å². The number of halogens is 1. The Morgan fingerprint density at radius 1 is 1.17 bits per heavy atom. The molecule has 4 heterocycles. The van der Waals surface area contributed by atoms with E-state index in [0.717, 1.165) is 0 Å². The van der Waals surface area contributed by atoms with Crippen molar-refractivity contribution in [3.05, 3.63) is 53.6 Å². The van der Waals surface area contributed by atoms with Crippen molar-refractivity contribution in [2.24, 2.45) is 17.8 Å². The van der Waals surface area contributed by atoms with Crippen molar-refractivity contribution >= 4 is 35.1 Å². The van der Waals surface area contributed by atoms with Crippen molar-refractivity contribution in [3.63, 3.8) is 0 Å². The fraction of sp³-hybridized carbons (Fsp3) is 0.500. The van der Waals surface area contributed by atoms with Crippen molar-refractivity contribution in [2.45, 2.75) is 44.1 Å². The molecule has 5 rings (SSSR count). The third-order valence-electron chi connectivity index (χ3n) is 7.83. The van der Waals surface area contributed by atoms with E-state index in [1.165, 1.54) is 4.90 Å². The molecule has 0 radical (unpaired) electrons. The smallest absolute Gasteiger partial charge is 0.313 e. The molecule has 4 aliphatic heterocycles. The van der Waals surface area contributed by atoms with Crippen molar-refractivity contribution in [3.8, 4) is 0 Å². The Hall–Kier alpha value is -2.68. The number of amides is 2. The summed E-state index contributed by atoms with van der Waals surface area (Å²) in [6.45, 7) is 3.98. The van der Waals surface area contributed by atoms with Gasteiger partial charge >= 0.3 is 5.97 Å². The van der Waals surface area contributed by atoms with Gasteiger partial charge in [-0.2, -0.15) is 0 Å². The second-order valence-electron chi connectivity index (χ2n) is 9.61. The number of benzene rings is 1. The van der Waals surface area contributed by atoms with Crippen LogP contribution in [-0.4, -0.2) is 71.3 Å². The summed E-state index contributed by atoms with van der Waals surface area (Å²) < 4.78 is 11.8. The first-order valence-electron chi connectivity index (χ1n) is 12.0. The maximum absolute atomic E-state index is 14.3. The van der Waals surface area contributed by atoms with Crippen molar-refractivity contribution in [1.82, 2.24) is 4.90 Å². The van der Waals surface area contributed by atoms with Crippen LogP contribution in [0, 0.1) is 17.8 Å². The molecule has 8 nitrogen and oxygen atoms in total. The molecule has 1 spiro atoms. The number of fused-ring (bicyclic) bond motifs is 2. The van der Waals surface area contributed by atoms with Gasteiger partial charge in [0.1, 0.15) is 24.2 Å². The topological polar surface area (TPSA) is 96.4 Å². The van der Waals surface area contributed by atoms with Crippen LogP contribution in [0.5, 0.6) is 0 Å². The fourth-order valence-corrected chi connectivity index (χ4v) is 6.06. The number of cyclic esters (lactones) is 1. The molecule has 0 bridgehead atoms. The third kappa shape index (κ3) is 3.61. The van der Waals surface area contributed by atoms with Gasteiger partial charge in [-0.25, -0.2) is 0 Å². The average Bonchev–Trinajstić information content (AvgIpc) is 3.15. The number of hydrogen-bond acceptors (Lipinski definition) is 6. The van der Waals surface area contributed by atoms with E-state index in [9.17, 15) is 19.5 Å². The van der Waals surface area contributed by atoms with E-state index in [2.05, 4.69) is 0 Å². The van der Waals surface area contributed by atoms with Gasteiger partial charge in [-0.3, -0.25) is 14.4 Å². The highest BCUT2D eigenvalue weighted by Crippen LogP contribution is 2.54. The Bertz CT molecular complexity index is 1090. The first kappa shape index (κ1) is 24.0. The Labute approximate surface area is 209 Å². The van der Waals surface area contributed by atoms with Gasteiger partial charge in [0, 0.05) is 17.3 Å². The lowest BCUT2D eigenvalue weighted by atomic mass is 9.78. The van der Waals surface area contributed by atoms with Crippen LogP contribution in [0.4, 0.5) is 5.69 Å². The largest absolute Gasteiger partial charge is 0.461 e. The molecule has 1 unspecified atom stereocenters. The number of hydrogen-bond donors (Lipinski definition) is 1. The summed E-state index contributed by atoms with van der Waals surface area (Å²) in [5.41, 5.74) is -0.723. The molecule has 0 aliphatic carbocycles. The molecule has 4 aliphatic rings. The number of carbonyl (C=O) groups is 3. The van der Waals surface area contributed by atoms with Crippen LogP contribution in [0.1, 0.15) is 20.3 Å². The summed E-state index contributed by atoms with van der Waals surface area (Å²) in [7, 11) is 0. The van der Waals surface area contributed by atoms with E-state index in [1.54, 1.807) is 47.4 Å². The molecule has 1 N–H and O–H groups in total. The van der Waals surface area contributed by atoms with Gasteiger partial charge in [0.05, 0.1) is 24.7 Å². The van der Waals surface area contributed by atoms with Gasteiger partial charge in [-0.1, -0.05) is 50.1 Å². The number of nitrogens with zero attached hydrogens (tertiary/aromatic N) is 2. The molecular formula is C26H29ClN2O6. The zero-order valence-corrected chi connectivity index (χ0v) is 20.4. The van der Waals surface area contributed by atoms with E-state index in [0.29, 0.717) is 17.1 Å². The average molecular weight is 501 g/mol. The lowest BCUT2D eigenvalue weighted by Crippen LogP contribution is -2.59.